The highest BCUT2D eigenvalue weighted by molar-refractivity contribution is 5.99. The average molecular weight is 370 g/mol. The standard InChI is InChI=1S/C18H22N6O3/c1-26-9-10(19)7-21-15-8-22-17(18(20)25)16(24-15)13-6-11-12(23-13)4-3-5-14(11)27-2/h3-6,8,10,23H,7,9,19H2,1-2H3,(H2,20,25)(H,21,24). The van der Waals surface area contributed by atoms with Crippen LogP contribution >= 0.6 is 0 Å². The number of fused-ring (bicyclic) bond motifs is 1. The fourth-order valence-electron chi connectivity index (χ4n) is 2.78. The highest BCUT2D eigenvalue weighted by atomic mass is 16.5. The van der Waals surface area contributed by atoms with Gasteiger partial charge in [0.2, 0.25) is 0 Å². The Balaban J connectivity index is 1.99. The maximum Gasteiger partial charge on any atom is 0.269 e. The summed E-state index contributed by atoms with van der Waals surface area (Å²) in [6, 6.07) is 7.29. The number of hydrogen-bond acceptors (Lipinski definition) is 7. The van der Waals surface area contributed by atoms with E-state index in [1.54, 1.807) is 14.2 Å². The molecule has 142 valence electrons. The van der Waals surface area contributed by atoms with E-state index >= 15 is 0 Å². The zero-order valence-electron chi connectivity index (χ0n) is 15.2. The number of amides is 1. The average Bonchev–Trinajstić information content (AvgIpc) is 3.10. The van der Waals surface area contributed by atoms with Gasteiger partial charge in [0.15, 0.2) is 5.69 Å². The molecule has 0 bridgehead atoms. The van der Waals surface area contributed by atoms with Gasteiger partial charge in [0, 0.05) is 30.6 Å². The van der Waals surface area contributed by atoms with Crippen molar-refractivity contribution in [2.45, 2.75) is 6.04 Å². The van der Waals surface area contributed by atoms with Crippen LogP contribution in [0.15, 0.2) is 30.5 Å². The van der Waals surface area contributed by atoms with E-state index in [2.05, 4.69) is 20.3 Å². The molecular weight excluding hydrogens is 348 g/mol. The molecule has 6 N–H and O–H groups in total. The highest BCUT2D eigenvalue weighted by Gasteiger charge is 2.18. The quantitative estimate of drug-likeness (QED) is 0.465. The molecule has 3 aromatic rings. The van der Waals surface area contributed by atoms with Crippen molar-refractivity contribution in [2.24, 2.45) is 11.5 Å². The Kier molecular flexibility index (Phi) is 5.53. The van der Waals surface area contributed by atoms with Crippen LogP contribution in [0.1, 0.15) is 10.5 Å². The molecule has 0 aliphatic rings. The first-order chi connectivity index (χ1) is 13.0. The molecule has 0 radical (unpaired) electrons. The number of benzene rings is 1. The fraction of sp³-hybridized carbons (Fsp3) is 0.278. The van der Waals surface area contributed by atoms with Gasteiger partial charge in [-0.1, -0.05) is 6.07 Å². The van der Waals surface area contributed by atoms with E-state index in [-0.39, 0.29) is 11.7 Å². The Morgan fingerprint density at radius 3 is 2.89 bits per heavy atom. The maximum absolute atomic E-state index is 11.8. The van der Waals surface area contributed by atoms with Crippen LogP contribution in [0.4, 0.5) is 5.82 Å². The summed E-state index contributed by atoms with van der Waals surface area (Å²) < 4.78 is 10.4. The first-order valence-electron chi connectivity index (χ1n) is 8.34. The molecule has 3 rings (SSSR count). The minimum atomic E-state index is -0.661. The lowest BCUT2D eigenvalue weighted by atomic mass is 10.2. The molecule has 27 heavy (non-hydrogen) atoms. The van der Waals surface area contributed by atoms with Gasteiger partial charge in [-0.15, -0.1) is 0 Å². The lowest BCUT2D eigenvalue weighted by Gasteiger charge is -2.13. The molecule has 9 heteroatoms. The number of aromatic amines is 1. The predicted octanol–water partition coefficient (Wildman–Crippen LogP) is 1.12. The molecule has 0 spiro atoms. The number of primary amides is 1. The number of rotatable bonds is 8. The number of H-pyrrole nitrogens is 1. The van der Waals surface area contributed by atoms with Crippen molar-refractivity contribution in [1.29, 1.82) is 0 Å². The van der Waals surface area contributed by atoms with Crippen LogP contribution in [0, 0.1) is 0 Å². The summed E-state index contributed by atoms with van der Waals surface area (Å²) in [5.41, 5.74) is 13.3. The smallest absolute Gasteiger partial charge is 0.269 e. The van der Waals surface area contributed by atoms with Gasteiger partial charge >= 0.3 is 0 Å². The van der Waals surface area contributed by atoms with Gasteiger partial charge in [0.25, 0.3) is 5.91 Å². The number of aromatic nitrogens is 3. The van der Waals surface area contributed by atoms with Crippen LogP contribution in [-0.4, -0.2) is 54.3 Å². The van der Waals surface area contributed by atoms with Crippen molar-refractivity contribution in [3.8, 4) is 17.1 Å². The van der Waals surface area contributed by atoms with Crippen molar-refractivity contribution < 1.29 is 14.3 Å². The largest absolute Gasteiger partial charge is 0.496 e. The van der Waals surface area contributed by atoms with Crippen molar-refractivity contribution in [3.05, 3.63) is 36.2 Å². The molecule has 0 saturated heterocycles. The van der Waals surface area contributed by atoms with Gasteiger partial charge in [-0.2, -0.15) is 0 Å². The molecule has 0 aliphatic heterocycles. The summed E-state index contributed by atoms with van der Waals surface area (Å²) in [5, 5.41) is 3.96. The Labute approximate surface area is 156 Å². The second-order valence-electron chi connectivity index (χ2n) is 6.02. The van der Waals surface area contributed by atoms with Crippen molar-refractivity contribution >= 4 is 22.6 Å². The second kappa shape index (κ2) is 8.02. The van der Waals surface area contributed by atoms with E-state index in [0.717, 1.165) is 10.9 Å². The van der Waals surface area contributed by atoms with Gasteiger partial charge in [0.05, 0.1) is 25.6 Å². The minimum Gasteiger partial charge on any atom is -0.496 e. The summed E-state index contributed by atoms with van der Waals surface area (Å²) in [5.74, 6) is 0.529. The zero-order chi connectivity index (χ0) is 19.4. The van der Waals surface area contributed by atoms with Crippen LogP contribution in [-0.2, 0) is 4.74 Å². The topological polar surface area (TPSA) is 141 Å². The van der Waals surface area contributed by atoms with E-state index in [9.17, 15) is 4.79 Å². The maximum atomic E-state index is 11.8. The number of hydrogen-bond donors (Lipinski definition) is 4. The second-order valence-corrected chi connectivity index (χ2v) is 6.02. The minimum absolute atomic E-state index is 0.0762. The molecule has 2 heterocycles. The molecule has 0 aliphatic carbocycles. The first kappa shape index (κ1) is 18.6. The van der Waals surface area contributed by atoms with Gasteiger partial charge in [-0.05, 0) is 18.2 Å². The predicted molar refractivity (Wildman–Crippen MR) is 103 cm³/mol. The zero-order valence-corrected chi connectivity index (χ0v) is 15.2. The van der Waals surface area contributed by atoms with Crippen LogP contribution in [0.3, 0.4) is 0 Å². The Morgan fingerprint density at radius 1 is 1.37 bits per heavy atom. The molecule has 9 nitrogen and oxygen atoms in total. The monoisotopic (exact) mass is 370 g/mol. The van der Waals surface area contributed by atoms with E-state index in [1.165, 1.54) is 6.20 Å². The molecule has 1 aromatic carbocycles. The Bertz CT molecular complexity index is 955. The van der Waals surface area contributed by atoms with Crippen molar-refractivity contribution in [3.63, 3.8) is 0 Å². The Morgan fingerprint density at radius 2 is 2.19 bits per heavy atom. The van der Waals surface area contributed by atoms with Gasteiger partial charge in [-0.25, -0.2) is 9.97 Å². The number of ether oxygens (including phenoxy) is 2. The molecular formula is C18H22N6O3. The summed E-state index contributed by atoms with van der Waals surface area (Å²) in [6.45, 7) is 0.854. The molecule has 0 fully saturated rings. The Hall–Kier alpha value is -3.17. The van der Waals surface area contributed by atoms with Gasteiger partial charge in [-0.3, -0.25) is 4.79 Å². The number of carbonyl (C=O) groups is 1. The molecule has 0 saturated carbocycles. The van der Waals surface area contributed by atoms with E-state index < -0.39 is 5.91 Å². The third-order valence-corrected chi connectivity index (χ3v) is 4.03. The third kappa shape index (κ3) is 3.99. The lowest BCUT2D eigenvalue weighted by Crippen LogP contribution is -2.33. The number of methoxy groups -OCH3 is 2. The molecule has 1 amide bonds. The number of anilines is 1. The van der Waals surface area contributed by atoms with Gasteiger partial charge in [0.1, 0.15) is 17.3 Å². The van der Waals surface area contributed by atoms with Gasteiger partial charge < -0.3 is 31.2 Å². The fourth-order valence-corrected chi connectivity index (χ4v) is 2.78. The normalized spacial score (nSPS) is 12.1. The van der Waals surface area contributed by atoms with E-state index in [1.807, 2.05) is 24.3 Å². The van der Waals surface area contributed by atoms with Crippen LogP contribution in [0.5, 0.6) is 5.75 Å². The van der Waals surface area contributed by atoms with Crippen molar-refractivity contribution in [1.82, 2.24) is 15.0 Å². The molecule has 1 atom stereocenters. The SMILES string of the molecule is COCC(N)CNc1cnc(C(N)=O)c(-c2cc3c(OC)cccc3[nH]2)n1. The van der Waals surface area contributed by atoms with E-state index in [0.29, 0.717) is 36.1 Å². The highest BCUT2D eigenvalue weighted by Crippen LogP contribution is 2.31. The number of nitrogens with zero attached hydrogens (tertiary/aromatic N) is 2. The van der Waals surface area contributed by atoms with Crippen molar-refractivity contribution in [2.75, 3.05) is 32.7 Å². The summed E-state index contributed by atoms with van der Waals surface area (Å²) in [7, 11) is 3.19. The molecule has 2 aromatic heterocycles. The third-order valence-electron chi connectivity index (χ3n) is 4.03. The summed E-state index contributed by atoms with van der Waals surface area (Å²) in [6.07, 6.45) is 1.45. The number of carbonyl (C=O) groups excluding carboxylic acids is 1. The number of nitrogens with two attached hydrogens (primary N) is 2. The molecule has 1 unspecified atom stereocenters. The van der Waals surface area contributed by atoms with Crippen LogP contribution in [0.2, 0.25) is 0 Å². The lowest BCUT2D eigenvalue weighted by molar-refractivity contribution is 0.0996. The van der Waals surface area contributed by atoms with E-state index in [4.69, 9.17) is 20.9 Å². The van der Waals surface area contributed by atoms with Crippen LogP contribution < -0.4 is 21.5 Å². The first-order valence-corrected chi connectivity index (χ1v) is 8.34. The summed E-state index contributed by atoms with van der Waals surface area (Å²) >= 11 is 0. The number of nitrogens with one attached hydrogen (secondary N) is 2. The van der Waals surface area contributed by atoms with Crippen LogP contribution in [0.25, 0.3) is 22.3 Å². The summed E-state index contributed by atoms with van der Waals surface area (Å²) in [4.78, 5) is 23.7.